The molecule has 0 saturated heterocycles. The molecule has 1 heterocycles. The van der Waals surface area contributed by atoms with Crippen LogP contribution < -0.4 is 9.47 Å². The largest absolute Gasteiger partial charge is 0.496 e. The Morgan fingerprint density at radius 1 is 1.16 bits per heavy atom. The fourth-order valence-electron chi connectivity index (χ4n) is 3.75. The number of fused-ring (bicyclic) bond motifs is 1. The highest BCUT2D eigenvalue weighted by Gasteiger charge is 2.33. The molecule has 0 spiro atoms. The van der Waals surface area contributed by atoms with E-state index < -0.39 is 17.9 Å². The van der Waals surface area contributed by atoms with Crippen LogP contribution in [0.4, 0.5) is 0 Å². The zero-order valence-corrected chi connectivity index (χ0v) is 18.2. The standard InChI is InChI=1S/C24H24O7/c1-13-8-6-10-17(23(26)29-5)16(13)9-7-11-18-21(28-4)14(2)19-12-30-24(27)20(19)22(18)31-15(3)25/h6-10H,11-12H2,1-5H3. The molecule has 1 aliphatic heterocycles. The van der Waals surface area contributed by atoms with Crippen molar-refractivity contribution in [2.75, 3.05) is 14.2 Å². The van der Waals surface area contributed by atoms with Gasteiger partial charge in [0.25, 0.3) is 0 Å². The van der Waals surface area contributed by atoms with Gasteiger partial charge < -0.3 is 18.9 Å². The third-order valence-electron chi connectivity index (χ3n) is 5.21. The summed E-state index contributed by atoms with van der Waals surface area (Å²) in [5.74, 6) is -0.845. The second kappa shape index (κ2) is 9.04. The molecule has 0 amide bonds. The summed E-state index contributed by atoms with van der Waals surface area (Å²) in [6.45, 7) is 5.11. The van der Waals surface area contributed by atoms with Crippen LogP contribution in [0.25, 0.3) is 6.08 Å². The molecule has 0 fully saturated rings. The summed E-state index contributed by atoms with van der Waals surface area (Å²) in [5.41, 5.74) is 4.28. The van der Waals surface area contributed by atoms with Gasteiger partial charge in [0.05, 0.1) is 19.8 Å². The van der Waals surface area contributed by atoms with Crippen LogP contribution in [-0.4, -0.2) is 32.1 Å². The first-order valence-electron chi connectivity index (χ1n) is 9.72. The van der Waals surface area contributed by atoms with Crippen LogP contribution in [0, 0.1) is 13.8 Å². The number of carbonyl (C=O) groups is 3. The van der Waals surface area contributed by atoms with Gasteiger partial charge in [-0.05, 0) is 43.0 Å². The summed E-state index contributed by atoms with van der Waals surface area (Å²) < 4.78 is 21.1. The number of esters is 3. The molecule has 0 atom stereocenters. The minimum absolute atomic E-state index is 0.104. The molecule has 0 bridgehead atoms. The molecule has 2 aromatic carbocycles. The zero-order chi connectivity index (χ0) is 22.7. The number of methoxy groups -OCH3 is 2. The lowest BCUT2D eigenvalue weighted by atomic mass is 9.94. The van der Waals surface area contributed by atoms with E-state index in [0.717, 1.165) is 16.7 Å². The fourth-order valence-corrected chi connectivity index (χ4v) is 3.75. The highest BCUT2D eigenvalue weighted by molar-refractivity contribution is 5.99. The molecule has 7 heteroatoms. The van der Waals surface area contributed by atoms with Crippen molar-refractivity contribution >= 4 is 24.0 Å². The predicted octanol–water partition coefficient (Wildman–Crippen LogP) is 3.95. The SMILES string of the molecule is COC(=O)c1cccc(C)c1C=CCc1c(OC)c(C)c2c(c1OC(C)=O)C(=O)OC2. The van der Waals surface area contributed by atoms with Crippen LogP contribution in [0.2, 0.25) is 0 Å². The second-order valence-electron chi connectivity index (χ2n) is 7.12. The maximum atomic E-state index is 12.3. The number of hydrogen-bond acceptors (Lipinski definition) is 7. The number of cyclic esters (lactones) is 1. The van der Waals surface area contributed by atoms with Gasteiger partial charge in [-0.15, -0.1) is 0 Å². The monoisotopic (exact) mass is 424 g/mol. The van der Waals surface area contributed by atoms with Crippen molar-refractivity contribution < 1.29 is 33.3 Å². The van der Waals surface area contributed by atoms with E-state index in [1.165, 1.54) is 21.1 Å². The number of allylic oxidation sites excluding steroid dienone is 1. The van der Waals surface area contributed by atoms with Gasteiger partial charge in [0.1, 0.15) is 17.9 Å². The Morgan fingerprint density at radius 3 is 2.55 bits per heavy atom. The van der Waals surface area contributed by atoms with Gasteiger partial charge in [0, 0.05) is 18.1 Å². The molecule has 0 aliphatic carbocycles. The molecule has 0 aromatic heterocycles. The Hall–Kier alpha value is -3.61. The Balaban J connectivity index is 2.10. The van der Waals surface area contributed by atoms with E-state index in [0.29, 0.717) is 28.9 Å². The van der Waals surface area contributed by atoms with Crippen molar-refractivity contribution in [3.63, 3.8) is 0 Å². The van der Waals surface area contributed by atoms with Crippen molar-refractivity contribution in [2.24, 2.45) is 0 Å². The van der Waals surface area contributed by atoms with Gasteiger partial charge in [-0.1, -0.05) is 24.3 Å². The number of ether oxygens (including phenoxy) is 4. The zero-order valence-electron chi connectivity index (χ0n) is 18.2. The predicted molar refractivity (Wildman–Crippen MR) is 113 cm³/mol. The van der Waals surface area contributed by atoms with Gasteiger partial charge >= 0.3 is 17.9 Å². The minimum Gasteiger partial charge on any atom is -0.496 e. The highest BCUT2D eigenvalue weighted by Crippen LogP contribution is 2.42. The van der Waals surface area contributed by atoms with Crippen LogP contribution in [0.1, 0.15) is 55.5 Å². The summed E-state index contributed by atoms with van der Waals surface area (Å²) in [6, 6.07) is 5.38. The topological polar surface area (TPSA) is 88.1 Å². The number of benzene rings is 2. The molecule has 0 unspecified atom stereocenters. The van der Waals surface area contributed by atoms with Gasteiger partial charge in [0.15, 0.2) is 5.75 Å². The van der Waals surface area contributed by atoms with Crippen LogP contribution in [-0.2, 0) is 27.3 Å². The van der Waals surface area contributed by atoms with E-state index in [1.807, 2.05) is 26.0 Å². The van der Waals surface area contributed by atoms with Crippen molar-refractivity contribution in [2.45, 2.75) is 33.8 Å². The van der Waals surface area contributed by atoms with E-state index in [9.17, 15) is 14.4 Å². The summed E-state index contributed by atoms with van der Waals surface area (Å²) in [4.78, 5) is 36.2. The van der Waals surface area contributed by atoms with Gasteiger partial charge in [-0.25, -0.2) is 9.59 Å². The fraction of sp³-hybridized carbons (Fsp3) is 0.292. The quantitative estimate of drug-likeness (QED) is 0.512. The van der Waals surface area contributed by atoms with Gasteiger partial charge in [0.2, 0.25) is 0 Å². The van der Waals surface area contributed by atoms with E-state index in [1.54, 1.807) is 18.2 Å². The van der Waals surface area contributed by atoms with E-state index in [-0.39, 0.29) is 17.9 Å². The van der Waals surface area contributed by atoms with Crippen LogP contribution in [0.3, 0.4) is 0 Å². The highest BCUT2D eigenvalue weighted by atomic mass is 16.6. The van der Waals surface area contributed by atoms with E-state index in [2.05, 4.69) is 0 Å². The first-order chi connectivity index (χ1) is 14.8. The van der Waals surface area contributed by atoms with Gasteiger partial charge in [-0.2, -0.15) is 0 Å². The molecule has 3 rings (SSSR count). The van der Waals surface area contributed by atoms with Crippen molar-refractivity contribution in [3.8, 4) is 11.5 Å². The lowest BCUT2D eigenvalue weighted by Gasteiger charge is -2.18. The summed E-state index contributed by atoms with van der Waals surface area (Å²) in [7, 11) is 2.86. The first kappa shape index (κ1) is 22.1. The summed E-state index contributed by atoms with van der Waals surface area (Å²) in [6.07, 6.45) is 3.92. The lowest BCUT2D eigenvalue weighted by Crippen LogP contribution is -2.11. The number of rotatable bonds is 6. The van der Waals surface area contributed by atoms with Crippen molar-refractivity contribution in [3.05, 3.63) is 63.2 Å². The molecular weight excluding hydrogens is 400 g/mol. The molecule has 31 heavy (non-hydrogen) atoms. The summed E-state index contributed by atoms with van der Waals surface area (Å²) >= 11 is 0. The normalized spacial score (nSPS) is 12.5. The molecular formula is C24H24O7. The molecule has 2 aromatic rings. The Bertz CT molecular complexity index is 1100. The summed E-state index contributed by atoms with van der Waals surface area (Å²) in [5, 5.41) is 0. The third-order valence-corrected chi connectivity index (χ3v) is 5.21. The molecule has 162 valence electrons. The average Bonchev–Trinajstić information content (AvgIpc) is 3.12. The van der Waals surface area contributed by atoms with E-state index in [4.69, 9.17) is 18.9 Å². The number of carbonyl (C=O) groups excluding carboxylic acids is 3. The smallest absolute Gasteiger partial charge is 0.342 e. The molecule has 7 nitrogen and oxygen atoms in total. The second-order valence-corrected chi connectivity index (χ2v) is 7.12. The van der Waals surface area contributed by atoms with Crippen molar-refractivity contribution in [1.29, 1.82) is 0 Å². The van der Waals surface area contributed by atoms with Crippen LogP contribution in [0.5, 0.6) is 11.5 Å². The first-order valence-corrected chi connectivity index (χ1v) is 9.72. The number of hydrogen-bond donors (Lipinski definition) is 0. The molecule has 0 radical (unpaired) electrons. The van der Waals surface area contributed by atoms with Crippen molar-refractivity contribution in [1.82, 2.24) is 0 Å². The Kier molecular flexibility index (Phi) is 6.44. The van der Waals surface area contributed by atoms with Crippen LogP contribution >= 0.6 is 0 Å². The third kappa shape index (κ3) is 4.17. The van der Waals surface area contributed by atoms with E-state index >= 15 is 0 Å². The lowest BCUT2D eigenvalue weighted by molar-refractivity contribution is -0.131. The van der Waals surface area contributed by atoms with Gasteiger partial charge in [-0.3, -0.25) is 4.79 Å². The number of aryl methyl sites for hydroxylation is 1. The maximum absolute atomic E-state index is 12.3. The molecule has 0 saturated carbocycles. The van der Waals surface area contributed by atoms with Crippen LogP contribution in [0.15, 0.2) is 24.3 Å². The average molecular weight is 424 g/mol. The minimum atomic E-state index is -0.551. The molecule has 0 N–H and O–H groups in total. The Labute approximate surface area is 180 Å². The maximum Gasteiger partial charge on any atom is 0.342 e. The molecule has 1 aliphatic rings. The Morgan fingerprint density at radius 2 is 1.90 bits per heavy atom.